The van der Waals surface area contributed by atoms with Crippen molar-refractivity contribution in [3.63, 3.8) is 0 Å². The van der Waals surface area contributed by atoms with Crippen molar-refractivity contribution in [2.24, 2.45) is 0 Å². The molecular formula is C34H20N2O2. The number of benzene rings is 5. The van der Waals surface area contributed by atoms with Crippen LogP contribution in [0.4, 0.5) is 0 Å². The van der Waals surface area contributed by atoms with Gasteiger partial charge in [-0.3, -0.25) is 9.13 Å². The Kier molecular flexibility index (Phi) is 3.76. The number of nitrogens with zero attached hydrogens (tertiary/aromatic N) is 2. The fraction of sp³-hybridized carbons (Fsp3) is 0. The maximum absolute atomic E-state index is 6.49. The third-order valence-electron chi connectivity index (χ3n) is 7.73. The Bertz CT molecular complexity index is 2040. The van der Waals surface area contributed by atoms with Gasteiger partial charge >= 0.3 is 0 Å². The lowest BCUT2D eigenvalue weighted by Crippen LogP contribution is -1.90. The van der Waals surface area contributed by atoms with Gasteiger partial charge in [0.25, 0.3) is 0 Å². The molecule has 0 N–H and O–H groups in total. The van der Waals surface area contributed by atoms with Crippen LogP contribution >= 0.6 is 0 Å². The van der Waals surface area contributed by atoms with Crippen LogP contribution in [0.25, 0.3) is 77.3 Å². The van der Waals surface area contributed by atoms with Gasteiger partial charge in [0.1, 0.15) is 11.2 Å². The summed E-state index contributed by atoms with van der Waals surface area (Å²) in [5.41, 5.74) is 6.19. The Hall–Kier alpha value is -5.22. The zero-order valence-corrected chi connectivity index (χ0v) is 20.3. The summed E-state index contributed by atoms with van der Waals surface area (Å²) < 4.78 is 17.4. The van der Waals surface area contributed by atoms with Gasteiger partial charge in [-0.15, -0.1) is 0 Å². The molecule has 0 aliphatic heterocycles. The van der Waals surface area contributed by atoms with E-state index in [4.69, 9.17) is 8.83 Å². The second-order valence-electron chi connectivity index (χ2n) is 9.84. The van der Waals surface area contributed by atoms with Gasteiger partial charge in [-0.25, -0.2) is 0 Å². The van der Waals surface area contributed by atoms with Crippen molar-refractivity contribution < 1.29 is 8.83 Å². The van der Waals surface area contributed by atoms with Gasteiger partial charge in [0.05, 0.1) is 22.1 Å². The van der Waals surface area contributed by atoms with Crippen molar-refractivity contribution in [1.29, 1.82) is 0 Å². The monoisotopic (exact) mass is 488 g/mol. The number of hydrogen-bond donors (Lipinski definition) is 0. The predicted molar refractivity (Wildman–Crippen MR) is 155 cm³/mol. The van der Waals surface area contributed by atoms with E-state index in [1.807, 2.05) is 0 Å². The first kappa shape index (κ1) is 19.9. The number of hydrogen-bond acceptors (Lipinski definition) is 2. The standard InChI is InChI=1S/C34H20N2O2/c1-5-13-27-23(9-1)24-10-2-6-14-28(24)35(27)33-19-21-17-32-22(18-31(21)37-33)20-34(38-32)36-29-15-7-3-11-25(29)26-12-4-8-16-30(26)36/h1-20H. The van der Waals surface area contributed by atoms with Crippen LogP contribution in [0.15, 0.2) is 130 Å². The molecule has 38 heavy (non-hydrogen) atoms. The summed E-state index contributed by atoms with van der Waals surface area (Å²) in [6.07, 6.45) is 0. The van der Waals surface area contributed by atoms with Crippen molar-refractivity contribution in [3.8, 4) is 11.8 Å². The molecule has 0 aliphatic carbocycles. The molecule has 9 rings (SSSR count). The molecule has 0 aliphatic rings. The van der Waals surface area contributed by atoms with Gasteiger partial charge in [-0.2, -0.15) is 0 Å². The molecule has 9 aromatic rings. The van der Waals surface area contributed by atoms with Crippen LogP contribution in [0.5, 0.6) is 0 Å². The Morgan fingerprint density at radius 2 is 0.684 bits per heavy atom. The largest absolute Gasteiger partial charge is 0.440 e. The minimum Gasteiger partial charge on any atom is -0.440 e. The van der Waals surface area contributed by atoms with Crippen molar-refractivity contribution in [3.05, 3.63) is 121 Å². The van der Waals surface area contributed by atoms with Crippen LogP contribution < -0.4 is 0 Å². The average Bonchev–Trinajstić information content (AvgIpc) is 3.71. The Balaban J connectivity index is 1.26. The van der Waals surface area contributed by atoms with Crippen LogP contribution in [-0.2, 0) is 0 Å². The van der Waals surface area contributed by atoms with E-state index in [-0.39, 0.29) is 0 Å². The van der Waals surface area contributed by atoms with Gasteiger partial charge < -0.3 is 8.83 Å². The number of fused-ring (bicyclic) bond motifs is 8. The van der Waals surface area contributed by atoms with E-state index in [0.717, 1.165) is 55.8 Å². The van der Waals surface area contributed by atoms with Crippen LogP contribution in [-0.4, -0.2) is 9.13 Å². The van der Waals surface area contributed by atoms with E-state index in [2.05, 4.69) is 130 Å². The van der Waals surface area contributed by atoms with Crippen LogP contribution in [0.1, 0.15) is 0 Å². The summed E-state index contributed by atoms with van der Waals surface area (Å²) >= 11 is 0. The number of rotatable bonds is 2. The smallest absolute Gasteiger partial charge is 0.205 e. The lowest BCUT2D eigenvalue weighted by Gasteiger charge is -2.02. The molecule has 5 aromatic carbocycles. The fourth-order valence-corrected chi connectivity index (χ4v) is 6.08. The first-order valence-electron chi connectivity index (χ1n) is 12.8. The Morgan fingerprint density at radius 1 is 0.368 bits per heavy atom. The molecule has 0 bridgehead atoms. The molecule has 0 saturated heterocycles. The maximum Gasteiger partial charge on any atom is 0.205 e. The van der Waals surface area contributed by atoms with Crippen molar-refractivity contribution in [2.75, 3.05) is 0 Å². The highest BCUT2D eigenvalue weighted by Crippen LogP contribution is 2.37. The summed E-state index contributed by atoms with van der Waals surface area (Å²) in [4.78, 5) is 0. The van der Waals surface area contributed by atoms with E-state index >= 15 is 0 Å². The van der Waals surface area contributed by atoms with Crippen LogP contribution in [0.2, 0.25) is 0 Å². The van der Waals surface area contributed by atoms with Gasteiger partial charge in [0.2, 0.25) is 11.8 Å². The molecule has 4 heterocycles. The maximum atomic E-state index is 6.49. The molecule has 4 nitrogen and oxygen atoms in total. The molecule has 178 valence electrons. The van der Waals surface area contributed by atoms with Gasteiger partial charge in [0.15, 0.2) is 0 Å². The molecule has 0 spiro atoms. The summed E-state index contributed by atoms with van der Waals surface area (Å²) in [5.74, 6) is 1.60. The van der Waals surface area contributed by atoms with E-state index in [0.29, 0.717) is 0 Å². The third kappa shape index (κ3) is 2.58. The van der Waals surface area contributed by atoms with Crippen LogP contribution in [0.3, 0.4) is 0 Å². The summed E-state index contributed by atoms with van der Waals surface area (Å²) in [7, 11) is 0. The molecule has 0 unspecified atom stereocenters. The van der Waals surface area contributed by atoms with Crippen LogP contribution in [0, 0.1) is 0 Å². The molecular weight excluding hydrogens is 468 g/mol. The fourth-order valence-electron chi connectivity index (χ4n) is 6.08. The first-order chi connectivity index (χ1) is 18.8. The van der Waals surface area contributed by atoms with Crippen molar-refractivity contribution >= 4 is 65.6 Å². The molecule has 0 saturated carbocycles. The topological polar surface area (TPSA) is 36.1 Å². The van der Waals surface area contributed by atoms with Crippen molar-refractivity contribution in [2.45, 2.75) is 0 Å². The molecule has 4 aromatic heterocycles. The SMILES string of the molecule is c1ccc2c(c1)c1ccccc1n2-c1cc2cc3oc(-n4c5ccccc5c5ccccc54)cc3cc2o1. The second kappa shape index (κ2) is 7.17. The summed E-state index contributed by atoms with van der Waals surface area (Å²) in [6, 6.07) is 42.3. The van der Waals surface area contributed by atoms with E-state index < -0.39 is 0 Å². The minimum absolute atomic E-state index is 0.799. The minimum atomic E-state index is 0.799. The summed E-state index contributed by atoms with van der Waals surface area (Å²) in [5, 5.41) is 6.89. The second-order valence-corrected chi connectivity index (χ2v) is 9.84. The Labute approximate surface area is 216 Å². The first-order valence-corrected chi connectivity index (χ1v) is 12.8. The molecule has 0 amide bonds. The predicted octanol–water partition coefficient (Wildman–Crippen LogP) is 9.37. The van der Waals surface area contributed by atoms with Gasteiger partial charge in [-0.1, -0.05) is 72.8 Å². The normalized spacial score (nSPS) is 12.2. The summed E-state index contributed by atoms with van der Waals surface area (Å²) in [6.45, 7) is 0. The van der Waals surface area contributed by atoms with Gasteiger partial charge in [0, 0.05) is 44.5 Å². The molecule has 4 heteroatoms. The van der Waals surface area contributed by atoms with Crippen molar-refractivity contribution in [1.82, 2.24) is 9.13 Å². The zero-order valence-electron chi connectivity index (χ0n) is 20.3. The molecule has 0 atom stereocenters. The zero-order chi connectivity index (χ0) is 24.8. The highest BCUT2D eigenvalue weighted by atomic mass is 16.4. The number of furan rings is 2. The lowest BCUT2D eigenvalue weighted by atomic mass is 10.2. The lowest BCUT2D eigenvalue weighted by molar-refractivity contribution is 0.587. The average molecular weight is 489 g/mol. The number of aromatic nitrogens is 2. The highest BCUT2D eigenvalue weighted by molar-refractivity contribution is 6.10. The third-order valence-corrected chi connectivity index (χ3v) is 7.73. The molecule has 0 radical (unpaired) electrons. The Morgan fingerprint density at radius 3 is 1.03 bits per heavy atom. The number of para-hydroxylation sites is 4. The molecule has 0 fully saturated rings. The quantitative estimate of drug-likeness (QED) is 0.243. The van der Waals surface area contributed by atoms with E-state index in [9.17, 15) is 0 Å². The van der Waals surface area contributed by atoms with E-state index in [1.54, 1.807) is 0 Å². The highest BCUT2D eigenvalue weighted by Gasteiger charge is 2.18. The van der Waals surface area contributed by atoms with Gasteiger partial charge in [-0.05, 0) is 36.4 Å². The van der Waals surface area contributed by atoms with E-state index in [1.165, 1.54) is 21.5 Å².